The van der Waals surface area contributed by atoms with Crippen LogP contribution in [0.4, 0.5) is 0 Å². The molecular weight excluding hydrogens is 805 g/mol. The number of allylic oxidation sites excluding steroid dienone is 4. The Balaban J connectivity index is 3.97. The molecule has 0 aliphatic carbocycles. The zero-order valence-electron chi connectivity index (χ0n) is 43.8. The largest absolute Gasteiger partial charge is 0.462 e. The van der Waals surface area contributed by atoms with E-state index in [1.54, 1.807) is 0 Å². The van der Waals surface area contributed by atoms with Crippen molar-refractivity contribution < 1.29 is 28.6 Å². The minimum Gasteiger partial charge on any atom is -0.462 e. The summed E-state index contributed by atoms with van der Waals surface area (Å²) in [6.45, 7) is 6.56. The van der Waals surface area contributed by atoms with Gasteiger partial charge in [-0.2, -0.15) is 0 Å². The summed E-state index contributed by atoms with van der Waals surface area (Å²) in [5.74, 6) is -0.886. The van der Waals surface area contributed by atoms with Crippen molar-refractivity contribution in [1.82, 2.24) is 0 Å². The molecule has 0 aromatic carbocycles. The summed E-state index contributed by atoms with van der Waals surface area (Å²) in [5, 5.41) is 0. The second kappa shape index (κ2) is 54.5. The van der Waals surface area contributed by atoms with Crippen LogP contribution in [0.2, 0.25) is 0 Å². The summed E-state index contributed by atoms with van der Waals surface area (Å²) >= 11 is 0. The predicted octanol–water partition coefficient (Wildman–Crippen LogP) is 19.1. The Hall–Kier alpha value is -2.11. The first-order valence-electron chi connectivity index (χ1n) is 28.8. The maximum Gasteiger partial charge on any atom is 0.306 e. The Bertz CT molecular complexity index is 1050. The molecule has 0 heterocycles. The first-order chi connectivity index (χ1) is 32.0. The van der Waals surface area contributed by atoms with E-state index in [0.29, 0.717) is 19.3 Å². The van der Waals surface area contributed by atoms with E-state index in [1.165, 1.54) is 186 Å². The number of carbonyl (C=O) groups is 3. The van der Waals surface area contributed by atoms with Crippen LogP contribution in [0.3, 0.4) is 0 Å². The highest BCUT2D eigenvalue weighted by Gasteiger charge is 2.19. The number of hydrogen-bond acceptors (Lipinski definition) is 6. The molecule has 1 atom stereocenters. The lowest BCUT2D eigenvalue weighted by molar-refractivity contribution is -0.167. The lowest BCUT2D eigenvalue weighted by Gasteiger charge is -2.18. The number of hydrogen-bond donors (Lipinski definition) is 0. The van der Waals surface area contributed by atoms with E-state index < -0.39 is 6.10 Å². The molecule has 0 bridgehead atoms. The van der Waals surface area contributed by atoms with Gasteiger partial charge < -0.3 is 14.2 Å². The third kappa shape index (κ3) is 52.7. The quantitative estimate of drug-likeness (QED) is 0.0262. The van der Waals surface area contributed by atoms with Gasteiger partial charge in [-0.25, -0.2) is 0 Å². The Morgan fingerprint density at radius 3 is 0.877 bits per heavy atom. The van der Waals surface area contributed by atoms with Crippen molar-refractivity contribution in [2.75, 3.05) is 13.2 Å². The Morgan fingerprint density at radius 1 is 0.308 bits per heavy atom. The lowest BCUT2D eigenvalue weighted by atomic mass is 10.0. The van der Waals surface area contributed by atoms with Crippen LogP contribution in [-0.4, -0.2) is 37.2 Å². The van der Waals surface area contributed by atoms with Gasteiger partial charge in [0.25, 0.3) is 0 Å². The van der Waals surface area contributed by atoms with Crippen molar-refractivity contribution in [2.45, 2.75) is 322 Å². The van der Waals surface area contributed by atoms with Gasteiger partial charge in [0.15, 0.2) is 6.10 Å². The monoisotopic (exact) mass is 915 g/mol. The average Bonchev–Trinajstić information content (AvgIpc) is 3.30. The molecule has 0 spiro atoms. The summed E-state index contributed by atoms with van der Waals surface area (Å²) < 4.78 is 16.7. The zero-order chi connectivity index (χ0) is 47.2. The standard InChI is InChI=1S/C59H110O6/c1-4-7-10-13-15-17-19-21-23-24-25-26-27-28-29-30-31-32-33-34-36-37-39-41-43-46-49-52-58(61)64-55-56(54-63-57(60)51-48-45-12-9-6-3)65-59(62)53-50-47-44-42-40-38-35-22-20-18-16-14-11-8-5-2/h16,18,22,35,56H,4-15,17,19-21,23-34,36-55H2,1-3H3/b18-16-,35-22-. The van der Waals surface area contributed by atoms with Crippen molar-refractivity contribution in [3.05, 3.63) is 24.3 Å². The number of carbonyl (C=O) groups excluding carboxylic acids is 3. The van der Waals surface area contributed by atoms with Crippen molar-refractivity contribution in [3.8, 4) is 0 Å². The van der Waals surface area contributed by atoms with Gasteiger partial charge in [0.05, 0.1) is 0 Å². The lowest BCUT2D eigenvalue weighted by Crippen LogP contribution is -2.30. The zero-order valence-corrected chi connectivity index (χ0v) is 43.8. The summed E-state index contributed by atoms with van der Waals surface area (Å²) in [6, 6.07) is 0. The fourth-order valence-corrected chi connectivity index (χ4v) is 8.59. The van der Waals surface area contributed by atoms with Crippen LogP contribution in [0.25, 0.3) is 0 Å². The van der Waals surface area contributed by atoms with Crippen molar-refractivity contribution in [2.24, 2.45) is 0 Å². The summed E-state index contributed by atoms with van der Waals surface area (Å²) in [6.07, 6.45) is 63.7. The molecule has 0 aromatic rings. The van der Waals surface area contributed by atoms with Crippen LogP contribution < -0.4 is 0 Å². The first-order valence-corrected chi connectivity index (χ1v) is 28.8. The van der Waals surface area contributed by atoms with E-state index in [-0.39, 0.29) is 31.1 Å². The number of ether oxygens (including phenoxy) is 3. The normalized spacial score (nSPS) is 12.1. The Labute approximate surface area is 404 Å². The fourth-order valence-electron chi connectivity index (χ4n) is 8.59. The van der Waals surface area contributed by atoms with E-state index in [1.807, 2.05) is 0 Å². The van der Waals surface area contributed by atoms with Gasteiger partial charge in [-0.1, -0.05) is 270 Å². The van der Waals surface area contributed by atoms with Crippen LogP contribution >= 0.6 is 0 Å². The summed E-state index contributed by atoms with van der Waals surface area (Å²) in [7, 11) is 0. The van der Waals surface area contributed by atoms with Gasteiger partial charge in [-0.05, 0) is 51.4 Å². The maximum atomic E-state index is 12.7. The van der Waals surface area contributed by atoms with Gasteiger partial charge in [-0.3, -0.25) is 14.4 Å². The molecule has 0 saturated heterocycles. The molecule has 65 heavy (non-hydrogen) atoms. The van der Waals surface area contributed by atoms with Crippen LogP contribution in [0.15, 0.2) is 24.3 Å². The molecule has 0 saturated carbocycles. The SMILES string of the molecule is CCCCC/C=C\C/C=C\CCCCCCCC(=O)OC(COC(=O)CCCCCCC)COC(=O)CCCCCCCCCCCCCCCCCCCCCCCCCCCCC. The van der Waals surface area contributed by atoms with Crippen molar-refractivity contribution in [1.29, 1.82) is 0 Å². The smallest absolute Gasteiger partial charge is 0.306 e. The second-order valence-electron chi connectivity index (χ2n) is 19.6. The molecule has 0 aliphatic rings. The summed E-state index contributed by atoms with van der Waals surface area (Å²) in [5.41, 5.74) is 0. The van der Waals surface area contributed by atoms with Gasteiger partial charge in [0.2, 0.25) is 0 Å². The molecule has 0 fully saturated rings. The molecule has 6 heteroatoms. The highest BCUT2D eigenvalue weighted by molar-refractivity contribution is 5.71. The maximum absolute atomic E-state index is 12.7. The van der Waals surface area contributed by atoms with Gasteiger partial charge >= 0.3 is 17.9 Å². The minimum absolute atomic E-state index is 0.0734. The Kier molecular flexibility index (Phi) is 52.7. The molecule has 0 aliphatic heterocycles. The minimum atomic E-state index is -0.771. The molecule has 6 nitrogen and oxygen atoms in total. The molecule has 382 valence electrons. The van der Waals surface area contributed by atoms with Gasteiger partial charge in [0.1, 0.15) is 13.2 Å². The fraction of sp³-hybridized carbons (Fsp3) is 0.881. The molecule has 0 amide bonds. The number of esters is 3. The predicted molar refractivity (Wildman–Crippen MR) is 279 cm³/mol. The van der Waals surface area contributed by atoms with E-state index in [2.05, 4.69) is 45.1 Å². The summed E-state index contributed by atoms with van der Waals surface area (Å²) in [4.78, 5) is 37.7. The van der Waals surface area contributed by atoms with Crippen LogP contribution in [-0.2, 0) is 28.6 Å². The topological polar surface area (TPSA) is 78.9 Å². The van der Waals surface area contributed by atoms with E-state index >= 15 is 0 Å². The first kappa shape index (κ1) is 62.9. The second-order valence-corrected chi connectivity index (χ2v) is 19.6. The third-order valence-electron chi connectivity index (χ3n) is 13.0. The molecule has 1 unspecified atom stereocenters. The van der Waals surface area contributed by atoms with Crippen molar-refractivity contribution >= 4 is 17.9 Å². The van der Waals surface area contributed by atoms with Gasteiger partial charge in [0, 0.05) is 19.3 Å². The van der Waals surface area contributed by atoms with Crippen molar-refractivity contribution in [3.63, 3.8) is 0 Å². The Morgan fingerprint density at radius 2 is 0.554 bits per heavy atom. The highest BCUT2D eigenvalue weighted by Crippen LogP contribution is 2.17. The molecule has 0 aromatic heterocycles. The average molecular weight is 916 g/mol. The van der Waals surface area contributed by atoms with E-state index in [0.717, 1.165) is 89.9 Å². The van der Waals surface area contributed by atoms with Crippen LogP contribution in [0, 0.1) is 0 Å². The third-order valence-corrected chi connectivity index (χ3v) is 13.0. The highest BCUT2D eigenvalue weighted by atomic mass is 16.6. The number of unbranched alkanes of at least 4 members (excludes halogenated alkanes) is 38. The van der Waals surface area contributed by atoms with E-state index in [4.69, 9.17) is 14.2 Å². The van der Waals surface area contributed by atoms with Gasteiger partial charge in [-0.15, -0.1) is 0 Å². The molecule has 0 rings (SSSR count). The van der Waals surface area contributed by atoms with Crippen LogP contribution in [0.5, 0.6) is 0 Å². The number of rotatable bonds is 53. The van der Waals surface area contributed by atoms with Crippen LogP contribution in [0.1, 0.15) is 316 Å². The van der Waals surface area contributed by atoms with E-state index in [9.17, 15) is 14.4 Å². The molecular formula is C59H110O6. The molecule has 0 N–H and O–H groups in total. The molecule has 0 radical (unpaired) electrons.